The number of hydrogen-bond donors (Lipinski definition) is 1. The lowest BCUT2D eigenvalue weighted by atomic mass is 10.1. The van der Waals surface area contributed by atoms with Gasteiger partial charge in [-0.25, -0.2) is 4.98 Å². The van der Waals surface area contributed by atoms with Crippen molar-refractivity contribution < 1.29 is 0 Å². The Hall–Kier alpha value is -2.54. The first-order valence-corrected chi connectivity index (χ1v) is 7.34. The van der Waals surface area contributed by atoms with Crippen LogP contribution in [0.5, 0.6) is 0 Å². The first-order valence-electron chi connectivity index (χ1n) is 7.34. The Labute approximate surface area is 125 Å². The van der Waals surface area contributed by atoms with E-state index in [0.29, 0.717) is 11.5 Å². The van der Waals surface area contributed by atoms with Gasteiger partial charge < -0.3 is 10.2 Å². The molecule has 1 N–H and O–H groups in total. The highest BCUT2D eigenvalue weighted by Gasteiger charge is 2.10. The number of rotatable bonds is 3. The lowest BCUT2D eigenvalue weighted by molar-refractivity contribution is 0.578. The van der Waals surface area contributed by atoms with Crippen LogP contribution in [0.4, 0.5) is 17.2 Å². The lowest BCUT2D eigenvalue weighted by Crippen LogP contribution is -2.29. The quantitative estimate of drug-likeness (QED) is 0.930. The highest BCUT2D eigenvalue weighted by molar-refractivity contribution is 5.61. The fraction of sp³-hybridized carbons (Fsp3) is 0.294. The number of nitriles is 1. The van der Waals surface area contributed by atoms with Gasteiger partial charge in [-0.1, -0.05) is 6.07 Å². The normalized spacial score (nSPS) is 14.5. The summed E-state index contributed by atoms with van der Waals surface area (Å²) in [7, 11) is 0. The maximum absolute atomic E-state index is 8.86. The molecule has 0 atom stereocenters. The minimum absolute atomic E-state index is 0.421. The molecule has 21 heavy (non-hydrogen) atoms. The van der Waals surface area contributed by atoms with E-state index >= 15 is 0 Å². The van der Waals surface area contributed by atoms with Gasteiger partial charge in [0.1, 0.15) is 17.6 Å². The van der Waals surface area contributed by atoms with E-state index in [1.165, 1.54) is 24.9 Å². The number of hydrogen-bond acceptors (Lipinski definition) is 4. The minimum Gasteiger partial charge on any atom is -0.372 e. The first kappa shape index (κ1) is 13.4. The smallest absolute Gasteiger partial charge is 0.142 e. The molecule has 2 aromatic rings. The Balaban J connectivity index is 1.70. The Bertz CT molecular complexity index is 637. The van der Waals surface area contributed by atoms with Crippen molar-refractivity contribution in [2.75, 3.05) is 23.3 Å². The topological polar surface area (TPSA) is 52.0 Å². The zero-order valence-electron chi connectivity index (χ0n) is 11.9. The molecule has 0 unspecified atom stereocenters. The van der Waals surface area contributed by atoms with Gasteiger partial charge in [-0.05, 0) is 55.7 Å². The third kappa shape index (κ3) is 3.32. The molecule has 0 spiro atoms. The van der Waals surface area contributed by atoms with Crippen LogP contribution in [0.2, 0.25) is 0 Å². The molecule has 0 amide bonds. The highest BCUT2D eigenvalue weighted by Crippen LogP contribution is 2.23. The Morgan fingerprint density at radius 1 is 1.00 bits per heavy atom. The summed E-state index contributed by atoms with van der Waals surface area (Å²) in [6.07, 6.45) is 3.91. The molecular formula is C17H18N4. The van der Waals surface area contributed by atoms with E-state index in [0.717, 1.165) is 18.8 Å². The third-order valence-corrected chi connectivity index (χ3v) is 3.72. The molecule has 106 valence electrons. The van der Waals surface area contributed by atoms with Crippen LogP contribution >= 0.6 is 0 Å². The van der Waals surface area contributed by atoms with E-state index in [2.05, 4.69) is 39.5 Å². The van der Waals surface area contributed by atoms with Crippen LogP contribution in [0.1, 0.15) is 25.0 Å². The molecule has 1 fully saturated rings. The van der Waals surface area contributed by atoms with Gasteiger partial charge in [0.25, 0.3) is 0 Å². The summed E-state index contributed by atoms with van der Waals surface area (Å²) in [5, 5.41) is 12.1. The van der Waals surface area contributed by atoms with E-state index in [4.69, 9.17) is 5.26 Å². The molecule has 0 radical (unpaired) electrons. The van der Waals surface area contributed by atoms with Gasteiger partial charge in [0, 0.05) is 24.5 Å². The Morgan fingerprint density at radius 3 is 2.48 bits per heavy atom. The molecule has 1 aromatic heterocycles. The van der Waals surface area contributed by atoms with Crippen molar-refractivity contribution in [3.63, 3.8) is 0 Å². The SMILES string of the molecule is N#Cc1cccc(Nc2ccc(N3CCCCC3)cc2)n1. The standard InChI is InChI=1S/C17H18N4/c18-13-15-5-4-6-17(20-15)19-14-7-9-16(10-8-14)21-11-2-1-3-12-21/h4-10H,1-3,11-12H2,(H,19,20). The zero-order chi connectivity index (χ0) is 14.5. The molecule has 1 aromatic carbocycles. The van der Waals surface area contributed by atoms with Crippen molar-refractivity contribution in [2.24, 2.45) is 0 Å². The summed E-state index contributed by atoms with van der Waals surface area (Å²) >= 11 is 0. The molecule has 1 aliphatic rings. The van der Waals surface area contributed by atoms with Gasteiger partial charge in [-0.2, -0.15) is 5.26 Å². The summed E-state index contributed by atoms with van der Waals surface area (Å²) in [6.45, 7) is 2.30. The van der Waals surface area contributed by atoms with Gasteiger partial charge in [0.15, 0.2) is 0 Å². The van der Waals surface area contributed by atoms with Crippen molar-refractivity contribution in [1.29, 1.82) is 5.26 Å². The average molecular weight is 278 g/mol. The average Bonchev–Trinajstić information content (AvgIpc) is 2.56. The van der Waals surface area contributed by atoms with Crippen molar-refractivity contribution in [3.8, 4) is 6.07 Å². The predicted octanol–water partition coefficient (Wildman–Crippen LogP) is 3.69. The van der Waals surface area contributed by atoms with Crippen LogP contribution in [0.25, 0.3) is 0 Å². The molecule has 4 heteroatoms. The van der Waals surface area contributed by atoms with E-state index in [9.17, 15) is 0 Å². The second-order valence-electron chi connectivity index (χ2n) is 5.24. The van der Waals surface area contributed by atoms with Gasteiger partial charge in [-0.15, -0.1) is 0 Å². The van der Waals surface area contributed by atoms with Crippen LogP contribution in [0.3, 0.4) is 0 Å². The van der Waals surface area contributed by atoms with Crippen molar-refractivity contribution in [1.82, 2.24) is 4.98 Å². The molecule has 3 rings (SSSR count). The molecular weight excluding hydrogens is 260 g/mol. The number of aromatic nitrogens is 1. The molecule has 1 saturated heterocycles. The zero-order valence-corrected chi connectivity index (χ0v) is 11.9. The van der Waals surface area contributed by atoms with Gasteiger partial charge in [0.2, 0.25) is 0 Å². The van der Waals surface area contributed by atoms with Crippen LogP contribution in [-0.4, -0.2) is 18.1 Å². The van der Waals surface area contributed by atoms with E-state index in [1.54, 1.807) is 6.07 Å². The van der Waals surface area contributed by atoms with Crippen LogP contribution in [0.15, 0.2) is 42.5 Å². The number of anilines is 3. The van der Waals surface area contributed by atoms with Gasteiger partial charge in [0.05, 0.1) is 0 Å². The molecule has 0 saturated carbocycles. The first-order chi connectivity index (χ1) is 10.3. The fourth-order valence-electron chi connectivity index (χ4n) is 2.62. The number of pyridine rings is 1. The number of nitrogens with one attached hydrogen (secondary N) is 1. The lowest BCUT2D eigenvalue weighted by Gasteiger charge is -2.28. The summed E-state index contributed by atoms with van der Waals surface area (Å²) in [5.74, 6) is 0.694. The van der Waals surface area contributed by atoms with Gasteiger partial charge >= 0.3 is 0 Å². The Kier molecular flexibility index (Phi) is 4.02. The van der Waals surface area contributed by atoms with E-state index in [1.807, 2.05) is 18.2 Å². The fourth-order valence-corrected chi connectivity index (χ4v) is 2.62. The van der Waals surface area contributed by atoms with Crippen LogP contribution in [-0.2, 0) is 0 Å². The monoisotopic (exact) mass is 278 g/mol. The maximum Gasteiger partial charge on any atom is 0.142 e. The summed E-state index contributed by atoms with van der Waals surface area (Å²) in [6, 6.07) is 15.8. The Morgan fingerprint density at radius 2 is 1.76 bits per heavy atom. The third-order valence-electron chi connectivity index (χ3n) is 3.72. The van der Waals surface area contributed by atoms with Crippen LogP contribution < -0.4 is 10.2 Å². The second-order valence-corrected chi connectivity index (χ2v) is 5.24. The van der Waals surface area contributed by atoms with Crippen molar-refractivity contribution in [2.45, 2.75) is 19.3 Å². The van der Waals surface area contributed by atoms with E-state index in [-0.39, 0.29) is 0 Å². The van der Waals surface area contributed by atoms with E-state index < -0.39 is 0 Å². The summed E-state index contributed by atoms with van der Waals surface area (Å²) in [5.41, 5.74) is 2.68. The van der Waals surface area contributed by atoms with Gasteiger partial charge in [-0.3, -0.25) is 0 Å². The minimum atomic E-state index is 0.421. The molecule has 4 nitrogen and oxygen atoms in total. The number of nitrogens with zero attached hydrogens (tertiary/aromatic N) is 3. The number of benzene rings is 1. The predicted molar refractivity (Wildman–Crippen MR) is 84.7 cm³/mol. The summed E-state index contributed by atoms with van der Waals surface area (Å²) < 4.78 is 0. The number of piperidine rings is 1. The summed E-state index contributed by atoms with van der Waals surface area (Å²) in [4.78, 5) is 6.65. The van der Waals surface area contributed by atoms with Crippen molar-refractivity contribution >= 4 is 17.2 Å². The molecule has 1 aliphatic heterocycles. The largest absolute Gasteiger partial charge is 0.372 e. The molecule has 0 aliphatic carbocycles. The molecule has 0 bridgehead atoms. The second kappa shape index (κ2) is 6.27. The maximum atomic E-state index is 8.86. The van der Waals surface area contributed by atoms with Crippen molar-refractivity contribution in [3.05, 3.63) is 48.2 Å². The molecule has 2 heterocycles. The van der Waals surface area contributed by atoms with Crippen LogP contribution in [0, 0.1) is 11.3 Å². The highest BCUT2D eigenvalue weighted by atomic mass is 15.1.